The van der Waals surface area contributed by atoms with E-state index in [-0.39, 0.29) is 0 Å². The molecule has 10 rings (SSSR count). The van der Waals surface area contributed by atoms with E-state index in [9.17, 15) is 0 Å². The number of rotatable bonds is 10. The molecule has 10 aromatic carbocycles. The Morgan fingerprint density at radius 1 is 0.200 bits per heavy atom. The standard InChI is InChI=1S/C58H42N2/c1-5-15-43(16-6-1)46-29-36-53(37-30-46)59(51-20-9-3-10-21-51)54-38-31-47(32-39-54)44-25-27-45(28-26-44)48-33-40-55(41-34-48)60(52-22-11-4-12-23-52)57-42-35-49-17-13-14-24-56(49)58(57)50-18-7-2-8-19-50/h1-42H. The zero-order valence-corrected chi connectivity index (χ0v) is 33.1. The van der Waals surface area contributed by atoms with Crippen LogP contribution in [0.15, 0.2) is 255 Å². The number of hydrogen-bond acceptors (Lipinski definition) is 2. The summed E-state index contributed by atoms with van der Waals surface area (Å²) in [7, 11) is 0. The molecule has 0 amide bonds. The molecule has 284 valence electrons. The quantitative estimate of drug-likeness (QED) is 0.137. The van der Waals surface area contributed by atoms with Gasteiger partial charge in [-0.3, -0.25) is 0 Å². The van der Waals surface area contributed by atoms with Crippen LogP contribution in [0.3, 0.4) is 0 Å². The van der Waals surface area contributed by atoms with Crippen molar-refractivity contribution in [2.24, 2.45) is 0 Å². The van der Waals surface area contributed by atoms with Gasteiger partial charge in [-0.15, -0.1) is 0 Å². The lowest BCUT2D eigenvalue weighted by Gasteiger charge is -2.29. The summed E-state index contributed by atoms with van der Waals surface area (Å²) in [5.74, 6) is 0. The van der Waals surface area contributed by atoms with Crippen LogP contribution in [-0.2, 0) is 0 Å². The molecule has 10 aromatic rings. The van der Waals surface area contributed by atoms with Gasteiger partial charge in [0.1, 0.15) is 0 Å². The molecule has 0 fully saturated rings. The third-order valence-corrected chi connectivity index (χ3v) is 11.3. The maximum Gasteiger partial charge on any atom is 0.0546 e. The summed E-state index contributed by atoms with van der Waals surface area (Å²) < 4.78 is 0. The van der Waals surface area contributed by atoms with Crippen LogP contribution in [0.25, 0.3) is 55.3 Å². The molecule has 2 nitrogen and oxygen atoms in total. The van der Waals surface area contributed by atoms with Gasteiger partial charge >= 0.3 is 0 Å². The van der Waals surface area contributed by atoms with Crippen molar-refractivity contribution >= 4 is 44.9 Å². The second kappa shape index (κ2) is 16.5. The molecule has 0 bridgehead atoms. The van der Waals surface area contributed by atoms with Crippen molar-refractivity contribution in [2.75, 3.05) is 9.80 Å². The molecule has 0 atom stereocenters. The Hall–Kier alpha value is -7.94. The Labute approximate surface area is 352 Å². The van der Waals surface area contributed by atoms with Crippen LogP contribution in [0.5, 0.6) is 0 Å². The maximum absolute atomic E-state index is 2.38. The van der Waals surface area contributed by atoms with Gasteiger partial charge in [0.25, 0.3) is 0 Å². The van der Waals surface area contributed by atoms with Crippen molar-refractivity contribution in [3.63, 3.8) is 0 Å². The second-order valence-electron chi connectivity index (χ2n) is 15.0. The van der Waals surface area contributed by atoms with Crippen LogP contribution in [-0.4, -0.2) is 0 Å². The van der Waals surface area contributed by atoms with E-state index in [2.05, 4.69) is 265 Å². The van der Waals surface area contributed by atoms with Gasteiger partial charge in [0.2, 0.25) is 0 Å². The Balaban J connectivity index is 0.932. The lowest BCUT2D eigenvalue weighted by atomic mass is 9.95. The molecule has 2 heteroatoms. The van der Waals surface area contributed by atoms with Crippen molar-refractivity contribution in [2.45, 2.75) is 0 Å². The van der Waals surface area contributed by atoms with E-state index in [1.54, 1.807) is 0 Å². The van der Waals surface area contributed by atoms with Crippen LogP contribution in [0.2, 0.25) is 0 Å². The number of benzene rings is 10. The number of para-hydroxylation sites is 2. The van der Waals surface area contributed by atoms with E-state index in [4.69, 9.17) is 0 Å². The van der Waals surface area contributed by atoms with E-state index in [0.29, 0.717) is 0 Å². The topological polar surface area (TPSA) is 6.48 Å². The van der Waals surface area contributed by atoms with Crippen LogP contribution < -0.4 is 9.80 Å². The molecular weight excluding hydrogens is 725 g/mol. The van der Waals surface area contributed by atoms with Crippen LogP contribution in [0.4, 0.5) is 34.1 Å². The zero-order valence-electron chi connectivity index (χ0n) is 33.1. The van der Waals surface area contributed by atoms with Gasteiger partial charge in [-0.1, -0.05) is 188 Å². The fourth-order valence-electron chi connectivity index (χ4n) is 8.28. The van der Waals surface area contributed by atoms with E-state index >= 15 is 0 Å². The van der Waals surface area contributed by atoms with E-state index in [1.165, 1.54) is 55.3 Å². The lowest BCUT2D eigenvalue weighted by molar-refractivity contribution is 1.28. The molecule has 0 radical (unpaired) electrons. The smallest absolute Gasteiger partial charge is 0.0546 e. The molecule has 0 unspecified atom stereocenters. The predicted octanol–water partition coefficient (Wildman–Crippen LogP) is 16.4. The SMILES string of the molecule is c1ccc(-c2ccc(N(c3ccccc3)c3ccc(-c4ccc(-c5ccc(N(c6ccccc6)c6ccc7ccccc7c6-c6ccccc6)cc5)cc4)cc3)cc2)cc1. The summed E-state index contributed by atoms with van der Waals surface area (Å²) in [5, 5.41) is 2.46. The number of fused-ring (bicyclic) bond motifs is 1. The van der Waals surface area contributed by atoms with Crippen LogP contribution >= 0.6 is 0 Å². The molecule has 0 N–H and O–H groups in total. The fourth-order valence-corrected chi connectivity index (χ4v) is 8.28. The molecule has 0 aliphatic heterocycles. The zero-order chi connectivity index (χ0) is 40.1. The van der Waals surface area contributed by atoms with Crippen LogP contribution in [0.1, 0.15) is 0 Å². The van der Waals surface area contributed by atoms with E-state index in [1.807, 2.05) is 0 Å². The Kier molecular flexibility index (Phi) is 10.0. The van der Waals surface area contributed by atoms with Crippen molar-refractivity contribution in [1.29, 1.82) is 0 Å². The highest BCUT2D eigenvalue weighted by Crippen LogP contribution is 2.45. The minimum atomic E-state index is 1.10. The first kappa shape index (κ1) is 36.4. The van der Waals surface area contributed by atoms with Gasteiger partial charge in [-0.05, 0) is 116 Å². The number of anilines is 6. The summed E-state index contributed by atoms with van der Waals surface area (Å²) >= 11 is 0. The highest BCUT2D eigenvalue weighted by Gasteiger charge is 2.20. The Bertz CT molecular complexity index is 2960. The summed E-state index contributed by atoms with van der Waals surface area (Å²) in [5.41, 5.74) is 16.2. The van der Waals surface area contributed by atoms with Gasteiger partial charge < -0.3 is 9.80 Å². The molecule has 0 aromatic heterocycles. The summed E-state index contributed by atoms with van der Waals surface area (Å²) in [6.07, 6.45) is 0. The van der Waals surface area contributed by atoms with E-state index in [0.717, 1.165) is 34.1 Å². The average Bonchev–Trinajstić information content (AvgIpc) is 3.34. The van der Waals surface area contributed by atoms with Crippen molar-refractivity contribution in [1.82, 2.24) is 0 Å². The minimum Gasteiger partial charge on any atom is -0.311 e. The highest BCUT2D eigenvalue weighted by molar-refractivity contribution is 6.05. The Morgan fingerprint density at radius 2 is 0.517 bits per heavy atom. The van der Waals surface area contributed by atoms with Crippen molar-refractivity contribution < 1.29 is 0 Å². The first-order valence-electron chi connectivity index (χ1n) is 20.5. The molecule has 0 aliphatic rings. The lowest BCUT2D eigenvalue weighted by Crippen LogP contribution is -2.11. The Morgan fingerprint density at radius 3 is 0.983 bits per heavy atom. The molecule has 0 aliphatic carbocycles. The summed E-state index contributed by atoms with van der Waals surface area (Å²) in [4.78, 5) is 4.69. The normalized spacial score (nSPS) is 11.0. The molecule has 60 heavy (non-hydrogen) atoms. The average molecular weight is 767 g/mol. The van der Waals surface area contributed by atoms with Crippen LogP contribution in [0, 0.1) is 0 Å². The predicted molar refractivity (Wildman–Crippen MR) is 255 cm³/mol. The first-order valence-corrected chi connectivity index (χ1v) is 20.5. The molecular formula is C58H42N2. The van der Waals surface area contributed by atoms with Gasteiger partial charge in [-0.25, -0.2) is 0 Å². The summed E-state index contributed by atoms with van der Waals surface area (Å²) in [6.45, 7) is 0. The third-order valence-electron chi connectivity index (χ3n) is 11.3. The van der Waals surface area contributed by atoms with Crippen molar-refractivity contribution in [3.8, 4) is 44.5 Å². The van der Waals surface area contributed by atoms with Crippen molar-refractivity contribution in [3.05, 3.63) is 255 Å². The van der Waals surface area contributed by atoms with Gasteiger partial charge in [0.05, 0.1) is 5.69 Å². The molecule has 0 heterocycles. The number of hydrogen-bond donors (Lipinski definition) is 0. The first-order chi connectivity index (χ1) is 29.8. The van der Waals surface area contributed by atoms with Gasteiger partial charge in [-0.2, -0.15) is 0 Å². The molecule has 0 saturated heterocycles. The largest absolute Gasteiger partial charge is 0.311 e. The monoisotopic (exact) mass is 766 g/mol. The molecule has 0 spiro atoms. The maximum atomic E-state index is 2.38. The fraction of sp³-hybridized carbons (Fsp3) is 0. The summed E-state index contributed by atoms with van der Waals surface area (Å²) in [6, 6.07) is 91.3. The second-order valence-corrected chi connectivity index (χ2v) is 15.0. The van der Waals surface area contributed by atoms with Gasteiger partial charge in [0.15, 0.2) is 0 Å². The van der Waals surface area contributed by atoms with Gasteiger partial charge in [0, 0.05) is 34.0 Å². The number of nitrogens with zero attached hydrogens (tertiary/aromatic N) is 2. The minimum absolute atomic E-state index is 1.10. The highest BCUT2D eigenvalue weighted by atomic mass is 15.1. The van der Waals surface area contributed by atoms with E-state index < -0.39 is 0 Å². The molecule has 0 saturated carbocycles. The third kappa shape index (κ3) is 7.35.